The van der Waals surface area contributed by atoms with Crippen LogP contribution < -0.4 is 0 Å². The molecule has 0 bridgehead atoms. The third kappa shape index (κ3) is 1.87. The second kappa shape index (κ2) is 4.02. The lowest BCUT2D eigenvalue weighted by Crippen LogP contribution is -2.34. The van der Waals surface area contributed by atoms with Crippen LogP contribution in [0, 0.1) is 0 Å². The fourth-order valence-corrected chi connectivity index (χ4v) is 2.25. The van der Waals surface area contributed by atoms with Crippen LogP contribution in [0.1, 0.15) is 18.4 Å². The van der Waals surface area contributed by atoms with E-state index in [-0.39, 0.29) is 11.8 Å². The molecule has 0 aliphatic carbocycles. The van der Waals surface area contributed by atoms with E-state index in [0.29, 0.717) is 13.2 Å². The topological polar surface area (TPSA) is 46.6 Å². The lowest BCUT2D eigenvalue weighted by molar-refractivity contribution is -0.128. The Labute approximate surface area is 91.5 Å². The summed E-state index contributed by atoms with van der Waals surface area (Å²) < 4.78 is 4.72. The van der Waals surface area contributed by atoms with Crippen molar-refractivity contribution in [2.45, 2.75) is 12.8 Å². The summed E-state index contributed by atoms with van der Waals surface area (Å²) in [6.07, 6.45) is -0.526. The Hall–Kier alpha value is -1.36. The lowest BCUT2D eigenvalue weighted by atomic mass is 10.0. The monoisotopic (exact) mass is 225 g/mol. The number of thiophene rings is 1. The number of rotatable bonds is 2. The maximum atomic E-state index is 11.9. The maximum absolute atomic E-state index is 11.9. The molecule has 0 N–H and O–H groups in total. The van der Waals surface area contributed by atoms with Crippen LogP contribution in [-0.2, 0) is 9.53 Å². The molecule has 0 unspecified atom stereocenters. The fraction of sp³-hybridized carbons (Fsp3) is 0.400. The largest absolute Gasteiger partial charge is 0.447 e. The molecule has 15 heavy (non-hydrogen) atoms. The number of cyclic esters (lactones) is 1. The maximum Gasteiger partial charge on any atom is 0.416 e. The highest BCUT2D eigenvalue weighted by Gasteiger charge is 2.32. The highest BCUT2D eigenvalue weighted by atomic mass is 32.1. The van der Waals surface area contributed by atoms with Gasteiger partial charge in [0.25, 0.3) is 0 Å². The predicted molar refractivity (Wildman–Crippen MR) is 55.8 cm³/mol. The molecule has 2 heterocycles. The molecule has 80 valence electrons. The predicted octanol–water partition coefficient (Wildman–Crippen LogP) is 1.83. The Balaban J connectivity index is 2.11. The molecule has 2 amide bonds. The summed E-state index contributed by atoms with van der Waals surface area (Å²) in [5.41, 5.74) is 0.949. The first kappa shape index (κ1) is 10.2. The minimum Gasteiger partial charge on any atom is -0.447 e. The molecule has 4 nitrogen and oxygen atoms in total. The number of hydrogen-bond donors (Lipinski definition) is 0. The van der Waals surface area contributed by atoms with Gasteiger partial charge in [-0.1, -0.05) is 0 Å². The van der Waals surface area contributed by atoms with Crippen LogP contribution in [0.3, 0.4) is 0 Å². The van der Waals surface area contributed by atoms with Crippen LogP contribution in [-0.4, -0.2) is 30.1 Å². The molecule has 0 saturated carbocycles. The van der Waals surface area contributed by atoms with Crippen molar-refractivity contribution in [3.8, 4) is 0 Å². The average molecular weight is 225 g/mol. The zero-order valence-corrected chi connectivity index (χ0v) is 9.12. The summed E-state index contributed by atoms with van der Waals surface area (Å²) in [6.45, 7) is 2.48. The SMILES string of the molecule is C[C@@H](C(=O)N1CCOC1=O)c1ccsc1. The quantitative estimate of drug-likeness (QED) is 0.771. The molecule has 1 aromatic heterocycles. The van der Waals surface area contributed by atoms with E-state index in [2.05, 4.69) is 0 Å². The molecule has 5 heteroatoms. The van der Waals surface area contributed by atoms with Crippen LogP contribution in [0.4, 0.5) is 4.79 Å². The Kier molecular flexibility index (Phi) is 2.73. The number of imide groups is 1. The summed E-state index contributed by atoms with van der Waals surface area (Å²) in [6, 6.07) is 1.90. The molecule has 2 rings (SSSR count). The lowest BCUT2D eigenvalue weighted by Gasteiger charge is -2.15. The summed E-state index contributed by atoms with van der Waals surface area (Å²) in [5.74, 6) is -0.460. The number of nitrogens with zero attached hydrogens (tertiary/aromatic N) is 1. The summed E-state index contributed by atoms with van der Waals surface area (Å²) >= 11 is 1.54. The summed E-state index contributed by atoms with van der Waals surface area (Å²) in [7, 11) is 0. The van der Waals surface area contributed by atoms with E-state index in [1.54, 1.807) is 18.3 Å². The van der Waals surface area contributed by atoms with Crippen molar-refractivity contribution in [1.29, 1.82) is 0 Å². The van der Waals surface area contributed by atoms with Crippen LogP contribution in [0.25, 0.3) is 0 Å². The first-order valence-corrected chi connectivity index (χ1v) is 5.64. The van der Waals surface area contributed by atoms with Gasteiger partial charge in [-0.3, -0.25) is 4.79 Å². The van der Waals surface area contributed by atoms with Gasteiger partial charge >= 0.3 is 6.09 Å². The first-order valence-electron chi connectivity index (χ1n) is 4.70. The Morgan fingerprint density at radius 1 is 1.67 bits per heavy atom. The van der Waals surface area contributed by atoms with Crippen LogP contribution in [0.5, 0.6) is 0 Å². The van der Waals surface area contributed by atoms with Crippen molar-refractivity contribution >= 4 is 23.3 Å². The Morgan fingerprint density at radius 3 is 3.00 bits per heavy atom. The molecule has 1 fully saturated rings. The number of hydrogen-bond acceptors (Lipinski definition) is 4. The second-order valence-electron chi connectivity index (χ2n) is 3.38. The molecule has 0 radical (unpaired) electrons. The van der Waals surface area contributed by atoms with Gasteiger partial charge in [0, 0.05) is 0 Å². The molecule has 1 aliphatic rings. The molecule has 0 spiro atoms. The number of carbonyl (C=O) groups is 2. The number of carbonyl (C=O) groups excluding carboxylic acids is 2. The molecule has 1 atom stereocenters. The van der Waals surface area contributed by atoms with Crippen molar-refractivity contribution < 1.29 is 14.3 Å². The smallest absolute Gasteiger partial charge is 0.416 e. The molecule has 1 aromatic rings. The van der Waals surface area contributed by atoms with Gasteiger partial charge in [0.05, 0.1) is 12.5 Å². The number of ether oxygens (including phenoxy) is 1. The Morgan fingerprint density at radius 2 is 2.47 bits per heavy atom. The second-order valence-corrected chi connectivity index (χ2v) is 4.16. The van der Waals surface area contributed by atoms with Crippen molar-refractivity contribution in [3.63, 3.8) is 0 Å². The van der Waals surface area contributed by atoms with Gasteiger partial charge in [-0.25, -0.2) is 9.69 Å². The highest BCUT2D eigenvalue weighted by molar-refractivity contribution is 7.08. The molecular formula is C10H11NO3S. The van der Waals surface area contributed by atoms with Gasteiger partial charge in [0.15, 0.2) is 0 Å². The summed E-state index contributed by atoms with van der Waals surface area (Å²) in [4.78, 5) is 24.2. The van der Waals surface area contributed by atoms with Gasteiger partial charge < -0.3 is 4.74 Å². The van der Waals surface area contributed by atoms with E-state index in [0.717, 1.165) is 5.56 Å². The zero-order valence-electron chi connectivity index (χ0n) is 8.30. The van der Waals surface area contributed by atoms with Crippen LogP contribution in [0.2, 0.25) is 0 Å². The van der Waals surface area contributed by atoms with E-state index < -0.39 is 6.09 Å². The van der Waals surface area contributed by atoms with E-state index in [4.69, 9.17) is 4.74 Å². The van der Waals surface area contributed by atoms with Gasteiger partial charge in [-0.15, -0.1) is 0 Å². The van der Waals surface area contributed by atoms with Gasteiger partial charge in [0.2, 0.25) is 5.91 Å². The first-order chi connectivity index (χ1) is 7.20. The summed E-state index contributed by atoms with van der Waals surface area (Å²) in [5, 5.41) is 3.84. The van der Waals surface area contributed by atoms with Crippen LogP contribution >= 0.6 is 11.3 Å². The molecule has 1 aliphatic heterocycles. The van der Waals surface area contributed by atoms with E-state index >= 15 is 0 Å². The van der Waals surface area contributed by atoms with Crippen molar-refractivity contribution in [1.82, 2.24) is 4.90 Å². The minimum absolute atomic E-state index is 0.184. The van der Waals surface area contributed by atoms with E-state index in [1.165, 1.54) is 4.90 Å². The fourth-order valence-electron chi connectivity index (χ4n) is 1.49. The third-order valence-corrected chi connectivity index (χ3v) is 3.14. The van der Waals surface area contributed by atoms with E-state index in [9.17, 15) is 9.59 Å². The van der Waals surface area contributed by atoms with Gasteiger partial charge in [-0.05, 0) is 29.3 Å². The normalized spacial score (nSPS) is 17.7. The minimum atomic E-state index is -0.526. The zero-order chi connectivity index (χ0) is 10.8. The standard InChI is InChI=1S/C10H11NO3S/c1-7(8-2-5-15-6-8)9(12)11-3-4-14-10(11)13/h2,5-7H,3-4H2,1H3/t7-/m1/s1. The van der Waals surface area contributed by atoms with Crippen LogP contribution in [0.15, 0.2) is 16.8 Å². The molecule has 0 aromatic carbocycles. The van der Waals surface area contributed by atoms with E-state index in [1.807, 2.05) is 16.8 Å². The van der Waals surface area contributed by atoms with Crippen molar-refractivity contribution in [2.24, 2.45) is 0 Å². The van der Waals surface area contributed by atoms with Crippen molar-refractivity contribution in [3.05, 3.63) is 22.4 Å². The molecular weight excluding hydrogens is 214 g/mol. The molecule has 1 saturated heterocycles. The van der Waals surface area contributed by atoms with Gasteiger partial charge in [0.1, 0.15) is 6.61 Å². The van der Waals surface area contributed by atoms with Crippen molar-refractivity contribution in [2.75, 3.05) is 13.2 Å². The van der Waals surface area contributed by atoms with Gasteiger partial charge in [-0.2, -0.15) is 11.3 Å². The average Bonchev–Trinajstić information content (AvgIpc) is 2.85. The third-order valence-electron chi connectivity index (χ3n) is 2.44. The number of amides is 2. The highest BCUT2D eigenvalue weighted by Crippen LogP contribution is 2.21. The Bertz CT molecular complexity index is 374.